The largest absolute Gasteiger partial charge is 0.490 e. The maximum absolute atomic E-state index is 5.37. The zero-order valence-corrected chi connectivity index (χ0v) is 7.49. The first kappa shape index (κ1) is 9.06. The van der Waals surface area contributed by atoms with Gasteiger partial charge in [-0.25, -0.2) is 0 Å². The van der Waals surface area contributed by atoms with Crippen molar-refractivity contribution in [2.24, 2.45) is 7.05 Å². The van der Waals surface area contributed by atoms with Crippen LogP contribution in [0.15, 0.2) is 12.4 Å². The Bertz CT molecular complexity index is 223. The third kappa shape index (κ3) is 2.92. The van der Waals surface area contributed by atoms with Gasteiger partial charge in [0.05, 0.1) is 19.0 Å². The van der Waals surface area contributed by atoms with Crippen molar-refractivity contribution in [3.8, 4) is 5.75 Å². The van der Waals surface area contributed by atoms with Gasteiger partial charge in [-0.15, -0.1) is 0 Å². The smallest absolute Gasteiger partial charge is 0.157 e. The van der Waals surface area contributed by atoms with Crippen molar-refractivity contribution in [3.63, 3.8) is 0 Å². The summed E-state index contributed by atoms with van der Waals surface area (Å²) in [6.45, 7) is 1.42. The van der Waals surface area contributed by atoms with Crippen molar-refractivity contribution >= 4 is 0 Å². The molecule has 0 aromatic carbocycles. The van der Waals surface area contributed by atoms with E-state index in [1.165, 1.54) is 0 Å². The van der Waals surface area contributed by atoms with Crippen molar-refractivity contribution in [1.29, 1.82) is 0 Å². The van der Waals surface area contributed by atoms with Crippen LogP contribution in [0.4, 0.5) is 0 Å². The summed E-state index contributed by atoms with van der Waals surface area (Å²) in [7, 11) is 3.55. The molecule has 1 aromatic heterocycles. The lowest BCUT2D eigenvalue weighted by Crippen LogP contribution is -2.00. The standard InChI is InChI=1S/C8H14N2O2/c1-10-7-8(6-9-10)12-5-3-4-11-2/h6-7H,3-5H2,1-2H3. The molecule has 0 N–H and O–H groups in total. The highest BCUT2D eigenvalue weighted by Gasteiger charge is 1.94. The first-order chi connectivity index (χ1) is 5.83. The number of aryl methyl sites for hydroxylation is 1. The zero-order valence-electron chi connectivity index (χ0n) is 7.49. The molecule has 1 aromatic rings. The molecule has 0 bridgehead atoms. The van der Waals surface area contributed by atoms with Crippen LogP contribution in [-0.2, 0) is 11.8 Å². The van der Waals surface area contributed by atoms with Crippen molar-refractivity contribution in [1.82, 2.24) is 9.78 Å². The fourth-order valence-electron chi connectivity index (χ4n) is 0.867. The van der Waals surface area contributed by atoms with Gasteiger partial charge in [0.1, 0.15) is 0 Å². The Morgan fingerprint density at radius 3 is 2.92 bits per heavy atom. The minimum absolute atomic E-state index is 0.680. The van der Waals surface area contributed by atoms with Crippen molar-refractivity contribution in [2.75, 3.05) is 20.3 Å². The van der Waals surface area contributed by atoms with Gasteiger partial charge in [-0.1, -0.05) is 0 Å². The molecule has 0 fully saturated rings. The summed E-state index contributed by atoms with van der Waals surface area (Å²) < 4.78 is 12.0. The van der Waals surface area contributed by atoms with Gasteiger partial charge in [-0.2, -0.15) is 5.10 Å². The minimum atomic E-state index is 0.680. The normalized spacial score (nSPS) is 10.2. The number of ether oxygens (including phenoxy) is 2. The first-order valence-corrected chi connectivity index (χ1v) is 3.93. The molecule has 0 unspecified atom stereocenters. The second kappa shape index (κ2) is 4.77. The lowest BCUT2D eigenvalue weighted by atomic mass is 10.5. The van der Waals surface area contributed by atoms with Crippen LogP contribution in [0.5, 0.6) is 5.75 Å². The average molecular weight is 170 g/mol. The van der Waals surface area contributed by atoms with Crippen LogP contribution in [0.2, 0.25) is 0 Å². The topological polar surface area (TPSA) is 36.3 Å². The third-order valence-electron chi connectivity index (χ3n) is 1.44. The van der Waals surface area contributed by atoms with E-state index in [4.69, 9.17) is 9.47 Å². The van der Waals surface area contributed by atoms with Crippen LogP contribution in [0.3, 0.4) is 0 Å². The number of aromatic nitrogens is 2. The van der Waals surface area contributed by atoms with Gasteiger partial charge in [0.2, 0.25) is 0 Å². The van der Waals surface area contributed by atoms with Crippen LogP contribution in [0.1, 0.15) is 6.42 Å². The molecule has 0 saturated heterocycles. The molecule has 0 atom stereocenters. The van der Waals surface area contributed by atoms with Crippen LogP contribution in [-0.4, -0.2) is 30.1 Å². The van der Waals surface area contributed by atoms with E-state index in [-0.39, 0.29) is 0 Å². The quantitative estimate of drug-likeness (QED) is 0.614. The fourth-order valence-corrected chi connectivity index (χ4v) is 0.867. The zero-order chi connectivity index (χ0) is 8.81. The first-order valence-electron chi connectivity index (χ1n) is 3.93. The Morgan fingerprint density at radius 2 is 2.33 bits per heavy atom. The van der Waals surface area contributed by atoms with Gasteiger partial charge in [0, 0.05) is 27.2 Å². The Labute approximate surface area is 72.1 Å². The van der Waals surface area contributed by atoms with Crippen molar-refractivity contribution < 1.29 is 9.47 Å². The van der Waals surface area contributed by atoms with E-state index in [0.29, 0.717) is 6.61 Å². The van der Waals surface area contributed by atoms with Crippen molar-refractivity contribution in [3.05, 3.63) is 12.4 Å². The number of methoxy groups -OCH3 is 1. The number of hydrogen-bond donors (Lipinski definition) is 0. The maximum atomic E-state index is 5.37. The van der Waals surface area contributed by atoms with Gasteiger partial charge in [-0.3, -0.25) is 4.68 Å². The molecule has 12 heavy (non-hydrogen) atoms. The molecule has 0 radical (unpaired) electrons. The van der Waals surface area contributed by atoms with E-state index < -0.39 is 0 Å². The van der Waals surface area contributed by atoms with Gasteiger partial charge >= 0.3 is 0 Å². The van der Waals surface area contributed by atoms with Gasteiger partial charge in [0.15, 0.2) is 5.75 Å². The monoisotopic (exact) mass is 170 g/mol. The molecule has 4 heteroatoms. The lowest BCUT2D eigenvalue weighted by molar-refractivity contribution is 0.172. The molecule has 0 aliphatic heterocycles. The highest BCUT2D eigenvalue weighted by molar-refractivity contribution is 5.10. The molecule has 68 valence electrons. The molecule has 0 spiro atoms. The number of rotatable bonds is 5. The Hall–Kier alpha value is -1.03. The summed E-state index contributed by atoms with van der Waals surface area (Å²) in [6, 6.07) is 0. The van der Waals surface area contributed by atoms with Gasteiger partial charge in [-0.05, 0) is 0 Å². The summed E-state index contributed by atoms with van der Waals surface area (Å²) in [6.07, 6.45) is 4.45. The summed E-state index contributed by atoms with van der Waals surface area (Å²) in [4.78, 5) is 0. The Kier molecular flexibility index (Phi) is 3.60. The van der Waals surface area contributed by atoms with Crippen molar-refractivity contribution in [2.45, 2.75) is 6.42 Å². The molecule has 0 amide bonds. The fraction of sp³-hybridized carbons (Fsp3) is 0.625. The highest BCUT2D eigenvalue weighted by Crippen LogP contribution is 2.06. The molecular weight excluding hydrogens is 156 g/mol. The second-order valence-electron chi connectivity index (χ2n) is 2.54. The molecule has 1 rings (SSSR count). The van der Waals surface area contributed by atoms with Gasteiger partial charge in [0.25, 0.3) is 0 Å². The van der Waals surface area contributed by atoms with E-state index in [1.807, 2.05) is 13.2 Å². The molecule has 0 aliphatic carbocycles. The van der Waals surface area contributed by atoms with E-state index >= 15 is 0 Å². The van der Waals surface area contributed by atoms with E-state index in [1.54, 1.807) is 18.0 Å². The third-order valence-corrected chi connectivity index (χ3v) is 1.44. The maximum Gasteiger partial charge on any atom is 0.157 e. The second-order valence-corrected chi connectivity index (χ2v) is 2.54. The molecule has 1 heterocycles. The number of nitrogens with zero attached hydrogens (tertiary/aromatic N) is 2. The predicted octanol–water partition coefficient (Wildman–Crippen LogP) is 0.835. The predicted molar refractivity (Wildman–Crippen MR) is 45.2 cm³/mol. The molecule has 0 saturated carbocycles. The van der Waals surface area contributed by atoms with E-state index in [9.17, 15) is 0 Å². The summed E-state index contributed by atoms with van der Waals surface area (Å²) in [5.41, 5.74) is 0. The van der Waals surface area contributed by atoms with Crippen LogP contribution >= 0.6 is 0 Å². The lowest BCUT2D eigenvalue weighted by Gasteiger charge is -2.01. The van der Waals surface area contributed by atoms with Gasteiger partial charge < -0.3 is 9.47 Å². The van der Waals surface area contributed by atoms with Crippen LogP contribution in [0, 0.1) is 0 Å². The highest BCUT2D eigenvalue weighted by atomic mass is 16.5. The Morgan fingerprint density at radius 1 is 1.50 bits per heavy atom. The molecular formula is C8H14N2O2. The molecule has 0 aliphatic rings. The Balaban J connectivity index is 2.15. The molecule has 4 nitrogen and oxygen atoms in total. The van der Waals surface area contributed by atoms with E-state index in [0.717, 1.165) is 18.8 Å². The van der Waals surface area contributed by atoms with Crippen LogP contribution < -0.4 is 4.74 Å². The summed E-state index contributed by atoms with van der Waals surface area (Å²) in [5.74, 6) is 0.814. The summed E-state index contributed by atoms with van der Waals surface area (Å²) in [5, 5.41) is 3.98. The van der Waals surface area contributed by atoms with E-state index in [2.05, 4.69) is 5.10 Å². The summed E-state index contributed by atoms with van der Waals surface area (Å²) >= 11 is 0. The van der Waals surface area contributed by atoms with Crippen LogP contribution in [0.25, 0.3) is 0 Å². The SMILES string of the molecule is COCCCOc1cnn(C)c1. The number of hydrogen-bond acceptors (Lipinski definition) is 3. The average Bonchev–Trinajstić information content (AvgIpc) is 2.45. The minimum Gasteiger partial charge on any atom is -0.490 e.